The van der Waals surface area contributed by atoms with E-state index >= 15 is 0 Å². The van der Waals surface area contributed by atoms with Gasteiger partial charge in [0.05, 0.1) is 12.0 Å². The molecular weight excluding hydrogens is 422 g/mol. The molecule has 0 amide bonds. The number of aliphatic hydroxyl groups excluding tert-OH is 1. The summed E-state index contributed by atoms with van der Waals surface area (Å²) in [5, 5.41) is 16.0. The van der Waals surface area contributed by atoms with Gasteiger partial charge in [-0.2, -0.15) is 13.2 Å². The minimum absolute atomic E-state index is 0. The molecule has 8 heteroatoms. The summed E-state index contributed by atoms with van der Waals surface area (Å²) >= 11 is 0. The molecule has 0 bridgehead atoms. The zero-order valence-corrected chi connectivity index (χ0v) is 15.7. The lowest BCUT2D eigenvalue weighted by Crippen LogP contribution is -2.48. The monoisotopic (exact) mass is 449 g/mol. The molecule has 4 atom stereocenters. The van der Waals surface area contributed by atoms with Crippen molar-refractivity contribution < 1.29 is 18.3 Å². The van der Waals surface area contributed by atoms with Gasteiger partial charge in [0.25, 0.3) is 0 Å². The third-order valence-electron chi connectivity index (χ3n) is 4.85. The second kappa shape index (κ2) is 9.29. The van der Waals surface area contributed by atoms with E-state index in [0.29, 0.717) is 18.9 Å². The maximum atomic E-state index is 12.8. The van der Waals surface area contributed by atoms with Crippen molar-refractivity contribution in [3.8, 4) is 0 Å². The second-order valence-corrected chi connectivity index (χ2v) is 6.46. The average Bonchev–Trinajstić information content (AvgIpc) is 2.88. The summed E-state index contributed by atoms with van der Waals surface area (Å²) in [6.07, 6.45) is 0.0899. The number of hydrogen-bond acceptors (Lipinski definition) is 2. The molecule has 0 aliphatic heterocycles. The van der Waals surface area contributed by atoms with Crippen LogP contribution in [0.4, 0.5) is 13.2 Å². The Balaban J connectivity index is 0.00000264. The summed E-state index contributed by atoms with van der Waals surface area (Å²) in [6.45, 7) is 0.607. The molecule has 0 aromatic rings. The molecular formula is C15H27F3IN3O. The Morgan fingerprint density at radius 2 is 1.87 bits per heavy atom. The summed E-state index contributed by atoms with van der Waals surface area (Å²) in [5.74, 6) is -0.478. The highest BCUT2D eigenvalue weighted by atomic mass is 127. The first-order valence-electron chi connectivity index (χ1n) is 8.12. The number of halogens is 4. The molecule has 2 aliphatic rings. The Bertz CT molecular complexity index is 393. The molecule has 0 radical (unpaired) electrons. The largest absolute Gasteiger partial charge is 0.393 e. The van der Waals surface area contributed by atoms with E-state index in [-0.39, 0.29) is 54.9 Å². The zero-order chi connectivity index (χ0) is 16.2. The van der Waals surface area contributed by atoms with Gasteiger partial charge in [-0.15, -0.1) is 24.0 Å². The van der Waals surface area contributed by atoms with E-state index in [9.17, 15) is 18.3 Å². The van der Waals surface area contributed by atoms with Gasteiger partial charge in [0.2, 0.25) is 0 Å². The molecule has 4 nitrogen and oxygen atoms in total. The topological polar surface area (TPSA) is 56.7 Å². The quantitative estimate of drug-likeness (QED) is 0.353. The van der Waals surface area contributed by atoms with Crippen LogP contribution >= 0.6 is 24.0 Å². The molecule has 2 saturated carbocycles. The van der Waals surface area contributed by atoms with E-state index in [1.54, 1.807) is 7.05 Å². The maximum absolute atomic E-state index is 12.8. The van der Waals surface area contributed by atoms with E-state index < -0.39 is 12.1 Å². The summed E-state index contributed by atoms with van der Waals surface area (Å²) in [4.78, 5) is 4.09. The first-order valence-corrected chi connectivity index (χ1v) is 8.12. The van der Waals surface area contributed by atoms with Gasteiger partial charge < -0.3 is 15.7 Å². The molecule has 136 valence electrons. The lowest BCUT2D eigenvalue weighted by Gasteiger charge is -2.32. The molecule has 3 N–H and O–H groups in total. The van der Waals surface area contributed by atoms with Crippen LogP contribution < -0.4 is 10.6 Å². The zero-order valence-electron chi connectivity index (χ0n) is 13.4. The minimum atomic E-state index is -4.11. The summed E-state index contributed by atoms with van der Waals surface area (Å²) in [6, 6.07) is -0.194. The van der Waals surface area contributed by atoms with Crippen LogP contribution in [0.3, 0.4) is 0 Å². The lowest BCUT2D eigenvalue weighted by molar-refractivity contribution is -0.183. The van der Waals surface area contributed by atoms with Gasteiger partial charge in [0, 0.05) is 25.6 Å². The van der Waals surface area contributed by atoms with Crippen LogP contribution in [0.5, 0.6) is 0 Å². The first-order chi connectivity index (χ1) is 10.4. The molecule has 0 heterocycles. The van der Waals surface area contributed by atoms with Crippen LogP contribution in [0.25, 0.3) is 0 Å². The smallest absolute Gasteiger partial charge is 0.391 e. The molecule has 0 aromatic carbocycles. The van der Waals surface area contributed by atoms with Crippen LogP contribution in [0.1, 0.15) is 44.9 Å². The highest BCUT2D eigenvalue weighted by Crippen LogP contribution is 2.37. The fraction of sp³-hybridized carbons (Fsp3) is 0.933. The number of nitrogens with one attached hydrogen (secondary N) is 2. The van der Waals surface area contributed by atoms with Crippen molar-refractivity contribution in [2.75, 3.05) is 13.6 Å². The van der Waals surface area contributed by atoms with Crippen molar-refractivity contribution in [2.45, 2.75) is 63.3 Å². The molecule has 0 aromatic heterocycles. The highest BCUT2D eigenvalue weighted by Gasteiger charge is 2.42. The van der Waals surface area contributed by atoms with Gasteiger partial charge in [-0.3, -0.25) is 4.99 Å². The Labute approximate surface area is 152 Å². The number of guanidine groups is 1. The first kappa shape index (κ1) is 20.8. The van der Waals surface area contributed by atoms with Crippen molar-refractivity contribution in [1.82, 2.24) is 10.6 Å². The predicted molar refractivity (Wildman–Crippen MR) is 95.1 cm³/mol. The highest BCUT2D eigenvalue weighted by molar-refractivity contribution is 14.0. The summed E-state index contributed by atoms with van der Waals surface area (Å²) < 4.78 is 38.5. The van der Waals surface area contributed by atoms with Gasteiger partial charge in [-0.1, -0.05) is 12.8 Å². The van der Waals surface area contributed by atoms with Crippen molar-refractivity contribution in [1.29, 1.82) is 0 Å². The molecule has 0 spiro atoms. The number of aliphatic imine (C=N–C) groups is 1. The standard InChI is InChI=1S/C15H26F3N3O.HI/c1-19-14(20-9-10-4-2-7-13(10)22)21-12-6-3-5-11(8-12)15(16,17)18;/h10-13,22H,2-9H2,1H3,(H2,19,20,21);1H. The van der Waals surface area contributed by atoms with Gasteiger partial charge >= 0.3 is 6.18 Å². The predicted octanol–water partition coefficient (Wildman–Crippen LogP) is 3.05. The minimum Gasteiger partial charge on any atom is -0.393 e. The van der Waals surface area contributed by atoms with Gasteiger partial charge in [0.1, 0.15) is 0 Å². The number of alkyl halides is 3. The normalized spacial score (nSPS) is 32.3. The number of rotatable bonds is 3. The maximum Gasteiger partial charge on any atom is 0.391 e. The number of aliphatic hydroxyl groups is 1. The molecule has 2 fully saturated rings. The lowest BCUT2D eigenvalue weighted by atomic mass is 9.85. The van der Waals surface area contributed by atoms with Crippen molar-refractivity contribution in [3.63, 3.8) is 0 Å². The van der Waals surface area contributed by atoms with E-state index in [1.807, 2.05) is 0 Å². The molecule has 4 unspecified atom stereocenters. The van der Waals surface area contributed by atoms with Crippen LogP contribution in [0.15, 0.2) is 4.99 Å². The molecule has 2 aliphatic carbocycles. The van der Waals surface area contributed by atoms with E-state index in [2.05, 4.69) is 15.6 Å². The third-order valence-corrected chi connectivity index (χ3v) is 4.85. The van der Waals surface area contributed by atoms with Crippen molar-refractivity contribution >= 4 is 29.9 Å². The summed E-state index contributed by atoms with van der Waals surface area (Å²) in [5.41, 5.74) is 0. The van der Waals surface area contributed by atoms with E-state index in [1.165, 1.54) is 0 Å². The molecule has 2 rings (SSSR count). The Morgan fingerprint density at radius 3 is 2.43 bits per heavy atom. The third kappa shape index (κ3) is 6.28. The fourth-order valence-electron chi connectivity index (χ4n) is 3.49. The SMILES string of the molecule is CN=C(NCC1CCCC1O)NC1CCCC(C(F)(F)F)C1.I. The van der Waals surface area contributed by atoms with E-state index in [4.69, 9.17) is 0 Å². The van der Waals surface area contributed by atoms with Gasteiger partial charge in [0.15, 0.2) is 5.96 Å². The molecule has 0 saturated heterocycles. The number of nitrogens with zero attached hydrogens (tertiary/aromatic N) is 1. The molecule has 23 heavy (non-hydrogen) atoms. The summed E-state index contributed by atoms with van der Waals surface area (Å²) in [7, 11) is 1.62. The number of hydrogen-bond donors (Lipinski definition) is 3. The van der Waals surface area contributed by atoms with Crippen LogP contribution in [-0.4, -0.2) is 43.0 Å². The fourth-order valence-corrected chi connectivity index (χ4v) is 3.49. The van der Waals surface area contributed by atoms with Gasteiger partial charge in [-0.05, 0) is 32.1 Å². The van der Waals surface area contributed by atoms with E-state index in [0.717, 1.165) is 25.7 Å². The van der Waals surface area contributed by atoms with Crippen LogP contribution in [-0.2, 0) is 0 Å². The van der Waals surface area contributed by atoms with Crippen molar-refractivity contribution in [3.05, 3.63) is 0 Å². The Kier molecular flexibility index (Phi) is 8.40. The van der Waals surface area contributed by atoms with Crippen LogP contribution in [0.2, 0.25) is 0 Å². The van der Waals surface area contributed by atoms with Crippen molar-refractivity contribution in [2.24, 2.45) is 16.8 Å². The Morgan fingerprint density at radius 1 is 1.17 bits per heavy atom. The Hall–Kier alpha value is -0.250. The second-order valence-electron chi connectivity index (χ2n) is 6.46. The average molecular weight is 449 g/mol. The van der Waals surface area contributed by atoms with Crippen LogP contribution in [0, 0.1) is 11.8 Å². The van der Waals surface area contributed by atoms with Gasteiger partial charge in [-0.25, -0.2) is 0 Å².